The standard InChI is InChI=1S/C36H45N7O7S/c1-48-26-13-14-29(49-2)28(18-26)43-19-23(17-33(43)45)35(46)37-24-11-9-22(10-12-24)16-31-39-32(42-41-31)20-50-15-5-7-25(44)6-3-4-8-30-34-27(21-51-30)38-36(47)40-34/h9-14,18,23,27,30-31,34H,3-8,15-17,19-21H2,1-2H3,(H,37,46)(H2,38,40,47)/t23?,27-,30-,31?,34-/m0/s1. The van der Waals surface area contributed by atoms with E-state index < -0.39 is 5.92 Å². The summed E-state index contributed by atoms with van der Waals surface area (Å²) in [6, 6.07) is 13.1. The van der Waals surface area contributed by atoms with Crippen LogP contribution in [0.3, 0.4) is 0 Å². The first-order chi connectivity index (χ1) is 24.8. The number of methoxy groups -OCH3 is 2. The maximum atomic E-state index is 13.1. The van der Waals surface area contributed by atoms with Crippen molar-refractivity contribution < 1.29 is 33.4 Å². The number of unbranched alkanes of at least 4 members (excludes halogenated alkanes) is 1. The zero-order valence-electron chi connectivity index (χ0n) is 29.0. The van der Waals surface area contributed by atoms with Crippen molar-refractivity contribution in [1.82, 2.24) is 10.6 Å². The van der Waals surface area contributed by atoms with Gasteiger partial charge in [-0.3, -0.25) is 14.4 Å². The maximum Gasteiger partial charge on any atom is 0.315 e. The molecule has 14 nitrogen and oxygen atoms in total. The van der Waals surface area contributed by atoms with Crippen LogP contribution in [0.25, 0.3) is 0 Å². The average molecular weight is 720 g/mol. The predicted octanol–water partition coefficient (Wildman–Crippen LogP) is 4.52. The van der Waals surface area contributed by atoms with Crippen molar-refractivity contribution in [2.75, 3.05) is 49.9 Å². The summed E-state index contributed by atoms with van der Waals surface area (Å²) in [5.41, 5.74) is 2.20. The van der Waals surface area contributed by atoms with Gasteiger partial charge < -0.3 is 35.1 Å². The summed E-state index contributed by atoms with van der Waals surface area (Å²) in [5, 5.41) is 17.7. The highest BCUT2D eigenvalue weighted by Crippen LogP contribution is 2.36. The number of carbonyl (C=O) groups excluding carboxylic acids is 4. The second kappa shape index (κ2) is 17.1. The van der Waals surface area contributed by atoms with E-state index in [-0.39, 0.29) is 61.5 Å². The smallest absolute Gasteiger partial charge is 0.315 e. The van der Waals surface area contributed by atoms with E-state index in [0.29, 0.717) is 66.2 Å². The Kier molecular flexibility index (Phi) is 12.2. The number of anilines is 2. The molecule has 3 fully saturated rings. The summed E-state index contributed by atoms with van der Waals surface area (Å²) in [6.45, 7) is 0.941. The summed E-state index contributed by atoms with van der Waals surface area (Å²) in [4.78, 5) is 55.9. The Bertz CT molecular complexity index is 1650. The van der Waals surface area contributed by atoms with Gasteiger partial charge in [-0.2, -0.15) is 16.9 Å². The van der Waals surface area contributed by atoms with Crippen LogP contribution >= 0.6 is 11.8 Å². The highest BCUT2D eigenvalue weighted by atomic mass is 32.2. The van der Waals surface area contributed by atoms with Crippen LogP contribution in [0, 0.1) is 5.92 Å². The molecule has 51 heavy (non-hydrogen) atoms. The number of ether oxygens (including phenoxy) is 3. The first kappa shape index (κ1) is 36.3. The number of ketones is 1. The molecule has 2 aromatic rings. The molecule has 4 heterocycles. The van der Waals surface area contributed by atoms with Crippen molar-refractivity contribution in [1.29, 1.82) is 0 Å². The third-order valence-corrected chi connectivity index (χ3v) is 11.0. The number of carbonyl (C=O) groups is 4. The Hall–Kier alpha value is -4.50. The molecule has 0 spiro atoms. The van der Waals surface area contributed by atoms with E-state index in [2.05, 4.69) is 31.2 Å². The zero-order chi connectivity index (χ0) is 35.7. The topological polar surface area (TPSA) is 172 Å². The molecule has 0 aliphatic carbocycles. The molecule has 3 saturated heterocycles. The number of amides is 4. The van der Waals surface area contributed by atoms with E-state index in [1.165, 1.54) is 7.11 Å². The van der Waals surface area contributed by atoms with E-state index in [9.17, 15) is 19.2 Å². The summed E-state index contributed by atoms with van der Waals surface area (Å²) >= 11 is 1.90. The number of azo groups is 1. The van der Waals surface area contributed by atoms with Crippen molar-refractivity contribution in [2.45, 2.75) is 74.9 Å². The largest absolute Gasteiger partial charge is 0.497 e. The van der Waals surface area contributed by atoms with Gasteiger partial charge in [0.25, 0.3) is 0 Å². The van der Waals surface area contributed by atoms with Crippen LogP contribution in [-0.2, 0) is 25.5 Å². The van der Waals surface area contributed by atoms with Crippen LogP contribution in [0.15, 0.2) is 57.7 Å². The van der Waals surface area contributed by atoms with Gasteiger partial charge in [0, 0.05) is 61.6 Å². The van der Waals surface area contributed by atoms with Crippen molar-refractivity contribution in [2.24, 2.45) is 21.1 Å². The molecule has 4 aliphatic rings. The molecule has 272 valence electrons. The van der Waals surface area contributed by atoms with E-state index >= 15 is 0 Å². The number of nitrogens with zero attached hydrogens (tertiary/aromatic N) is 4. The van der Waals surface area contributed by atoms with Gasteiger partial charge in [-0.05, 0) is 49.1 Å². The van der Waals surface area contributed by atoms with Gasteiger partial charge in [-0.25, -0.2) is 9.79 Å². The Labute approximate surface area is 301 Å². The van der Waals surface area contributed by atoms with E-state index in [4.69, 9.17) is 14.2 Å². The molecule has 2 aromatic carbocycles. The summed E-state index contributed by atoms with van der Waals surface area (Å²) in [6.07, 6.45) is 4.90. The van der Waals surface area contributed by atoms with Gasteiger partial charge in [0.05, 0.1) is 37.9 Å². The van der Waals surface area contributed by atoms with Crippen LogP contribution in [0.5, 0.6) is 11.5 Å². The predicted molar refractivity (Wildman–Crippen MR) is 194 cm³/mol. The van der Waals surface area contributed by atoms with Gasteiger partial charge in [-0.1, -0.05) is 18.6 Å². The molecule has 15 heteroatoms. The van der Waals surface area contributed by atoms with E-state index in [0.717, 1.165) is 30.6 Å². The molecule has 4 amide bonds. The first-order valence-electron chi connectivity index (χ1n) is 17.5. The lowest BCUT2D eigenvalue weighted by Gasteiger charge is -2.20. The number of rotatable bonds is 18. The Morgan fingerprint density at radius 1 is 1.02 bits per heavy atom. The number of nitrogens with one attached hydrogen (secondary N) is 3. The molecule has 0 saturated carbocycles. The Balaban J connectivity index is 0.848. The quantitative estimate of drug-likeness (QED) is 0.149. The summed E-state index contributed by atoms with van der Waals surface area (Å²) in [5.74, 6) is 1.97. The van der Waals surface area contributed by atoms with Gasteiger partial charge >= 0.3 is 6.03 Å². The Morgan fingerprint density at radius 3 is 2.65 bits per heavy atom. The fourth-order valence-electron chi connectivity index (χ4n) is 6.78. The molecule has 0 aromatic heterocycles. The average Bonchev–Trinajstić information content (AvgIpc) is 3.92. The minimum absolute atomic E-state index is 0.0651. The second-order valence-electron chi connectivity index (χ2n) is 13.1. The molecule has 0 radical (unpaired) electrons. The number of thioether (sulfide) groups is 1. The third kappa shape index (κ3) is 9.44. The van der Waals surface area contributed by atoms with Crippen LogP contribution in [0.4, 0.5) is 16.2 Å². The lowest BCUT2D eigenvalue weighted by atomic mass is 10.0. The monoisotopic (exact) mass is 719 g/mol. The van der Waals surface area contributed by atoms with Crippen LogP contribution in [0.1, 0.15) is 50.5 Å². The molecule has 6 rings (SSSR count). The van der Waals surface area contributed by atoms with Crippen molar-refractivity contribution in [3.63, 3.8) is 0 Å². The first-order valence-corrected chi connectivity index (χ1v) is 18.5. The minimum Gasteiger partial charge on any atom is -0.497 e. The maximum absolute atomic E-state index is 13.1. The van der Waals surface area contributed by atoms with Crippen molar-refractivity contribution >= 4 is 52.6 Å². The third-order valence-electron chi connectivity index (χ3n) is 9.52. The van der Waals surface area contributed by atoms with E-state index in [1.807, 2.05) is 36.0 Å². The fourth-order valence-corrected chi connectivity index (χ4v) is 8.33. The highest BCUT2D eigenvalue weighted by molar-refractivity contribution is 8.00. The van der Waals surface area contributed by atoms with Crippen LogP contribution in [-0.4, -0.2) is 92.7 Å². The minimum atomic E-state index is -0.510. The number of aliphatic imine (C=N–C) groups is 1. The van der Waals surface area contributed by atoms with Gasteiger partial charge in [0.15, 0.2) is 12.0 Å². The molecular formula is C36H45N7O7S. The highest BCUT2D eigenvalue weighted by Gasteiger charge is 2.42. The van der Waals surface area contributed by atoms with Crippen molar-refractivity contribution in [3.8, 4) is 11.5 Å². The molecule has 0 bridgehead atoms. The number of fused-ring (bicyclic) bond motifs is 1. The second-order valence-corrected chi connectivity index (χ2v) is 14.4. The molecular weight excluding hydrogens is 675 g/mol. The number of hydrogen-bond acceptors (Lipinski definition) is 11. The number of amidine groups is 1. The fraction of sp³-hybridized carbons (Fsp3) is 0.528. The number of benzene rings is 2. The molecule has 4 aliphatic heterocycles. The number of Topliss-reactive ketones (excluding diaryl/α,β-unsaturated/α-hetero) is 1. The molecule has 5 atom stereocenters. The molecule has 2 unspecified atom stereocenters. The van der Waals surface area contributed by atoms with Gasteiger partial charge in [-0.15, -0.1) is 5.11 Å². The lowest BCUT2D eigenvalue weighted by Crippen LogP contribution is -2.36. The number of urea groups is 1. The number of hydrogen-bond donors (Lipinski definition) is 3. The van der Waals surface area contributed by atoms with E-state index in [1.54, 1.807) is 30.2 Å². The summed E-state index contributed by atoms with van der Waals surface area (Å²) in [7, 11) is 3.09. The normalized spacial score (nSPS) is 23.5. The van der Waals surface area contributed by atoms with Gasteiger partial charge in [0.2, 0.25) is 11.8 Å². The summed E-state index contributed by atoms with van der Waals surface area (Å²) < 4.78 is 16.4. The Morgan fingerprint density at radius 2 is 1.84 bits per heavy atom. The van der Waals surface area contributed by atoms with Crippen LogP contribution in [0.2, 0.25) is 0 Å². The SMILES string of the molecule is COc1ccc(OC)c(N2CC(C(=O)Nc3ccc(CC4N=NC(COCCCC(=O)CCCC[C@@H]5SC[C@@H]6NC(=O)N[C@@H]65)=N4)cc3)CC2=O)c1. The molecule has 3 N–H and O–H groups in total. The van der Waals surface area contributed by atoms with Crippen molar-refractivity contribution in [3.05, 3.63) is 48.0 Å². The van der Waals surface area contributed by atoms with Gasteiger partial charge in [0.1, 0.15) is 23.9 Å². The lowest BCUT2D eigenvalue weighted by molar-refractivity contribution is -0.122. The zero-order valence-corrected chi connectivity index (χ0v) is 29.8. The van der Waals surface area contributed by atoms with Crippen LogP contribution < -0.4 is 30.3 Å².